The first-order chi connectivity index (χ1) is 9.65. The van der Waals surface area contributed by atoms with Crippen molar-refractivity contribution in [3.05, 3.63) is 29.8 Å². The van der Waals surface area contributed by atoms with Gasteiger partial charge in [-0.15, -0.1) is 0 Å². The summed E-state index contributed by atoms with van der Waals surface area (Å²) in [6, 6.07) is 8.47. The van der Waals surface area contributed by atoms with Crippen LogP contribution in [0.5, 0.6) is 5.75 Å². The van der Waals surface area contributed by atoms with Crippen molar-refractivity contribution in [3.8, 4) is 5.75 Å². The highest BCUT2D eigenvalue weighted by Gasteiger charge is 2.08. The van der Waals surface area contributed by atoms with Crippen LogP contribution in [0, 0.1) is 0 Å². The summed E-state index contributed by atoms with van der Waals surface area (Å²) in [6.07, 6.45) is 3.78. The van der Waals surface area contributed by atoms with Gasteiger partial charge in [0.05, 0.1) is 0 Å². The topological polar surface area (TPSA) is 41.5 Å². The number of rotatable bonds is 10. The molecule has 2 atom stereocenters. The monoisotopic (exact) mass is 297 g/mol. The zero-order chi connectivity index (χ0) is 14.8. The average molecular weight is 297 g/mol. The molecule has 0 aliphatic carbocycles. The maximum absolute atomic E-state index is 9.89. The summed E-state index contributed by atoms with van der Waals surface area (Å²) in [4.78, 5) is 0. The predicted molar refractivity (Wildman–Crippen MR) is 87.8 cm³/mol. The molecule has 0 heterocycles. The molecule has 0 aliphatic rings. The van der Waals surface area contributed by atoms with Crippen molar-refractivity contribution >= 4 is 11.8 Å². The zero-order valence-corrected chi connectivity index (χ0v) is 13.6. The number of hydrogen-bond acceptors (Lipinski definition) is 4. The smallest absolute Gasteiger partial charge is 0.119 e. The number of nitrogens with one attached hydrogen (secondary N) is 1. The minimum absolute atomic E-state index is 0.327. The fourth-order valence-corrected chi connectivity index (χ4v) is 2.40. The van der Waals surface area contributed by atoms with Gasteiger partial charge < -0.3 is 15.2 Å². The van der Waals surface area contributed by atoms with Crippen molar-refractivity contribution in [1.29, 1.82) is 0 Å². The van der Waals surface area contributed by atoms with E-state index in [-0.39, 0.29) is 0 Å². The molecule has 0 fully saturated rings. The predicted octanol–water partition coefficient (Wildman–Crippen LogP) is 2.72. The van der Waals surface area contributed by atoms with Gasteiger partial charge in [0, 0.05) is 12.6 Å². The molecule has 0 saturated heterocycles. The molecule has 0 aromatic heterocycles. The van der Waals surface area contributed by atoms with E-state index in [1.807, 2.05) is 23.9 Å². The number of aryl methyl sites for hydroxylation is 1. The Hall–Kier alpha value is -0.710. The minimum atomic E-state index is -0.474. The van der Waals surface area contributed by atoms with Crippen molar-refractivity contribution in [2.24, 2.45) is 0 Å². The van der Waals surface area contributed by atoms with E-state index in [0.717, 1.165) is 24.3 Å². The van der Waals surface area contributed by atoms with Gasteiger partial charge in [0.25, 0.3) is 0 Å². The first kappa shape index (κ1) is 17.3. The number of hydrogen-bond donors (Lipinski definition) is 2. The average Bonchev–Trinajstić information content (AvgIpc) is 2.49. The third kappa shape index (κ3) is 7.17. The lowest BCUT2D eigenvalue weighted by Crippen LogP contribution is -2.36. The molecule has 1 rings (SSSR count). The summed E-state index contributed by atoms with van der Waals surface area (Å²) in [7, 11) is 0. The lowest BCUT2D eigenvalue weighted by Gasteiger charge is -2.17. The Morgan fingerprint density at radius 2 is 2.00 bits per heavy atom. The molecule has 0 saturated carbocycles. The van der Waals surface area contributed by atoms with Gasteiger partial charge in [-0.2, -0.15) is 11.8 Å². The van der Waals surface area contributed by atoms with E-state index in [0.29, 0.717) is 19.2 Å². The van der Waals surface area contributed by atoms with Crippen molar-refractivity contribution in [3.63, 3.8) is 0 Å². The summed E-state index contributed by atoms with van der Waals surface area (Å²) in [5.74, 6) is 1.96. The van der Waals surface area contributed by atoms with Crippen LogP contribution in [0.15, 0.2) is 24.3 Å². The second-order valence-corrected chi connectivity index (χ2v) is 6.04. The van der Waals surface area contributed by atoms with E-state index in [1.165, 1.54) is 5.56 Å². The molecule has 0 aliphatic heterocycles. The molecule has 20 heavy (non-hydrogen) atoms. The molecule has 4 heteroatoms. The molecule has 2 N–H and O–H groups in total. The normalized spacial score (nSPS) is 14.0. The lowest BCUT2D eigenvalue weighted by molar-refractivity contribution is 0.104. The van der Waals surface area contributed by atoms with E-state index in [9.17, 15) is 5.11 Å². The van der Waals surface area contributed by atoms with Crippen molar-refractivity contribution in [2.75, 3.05) is 25.2 Å². The Balaban J connectivity index is 2.20. The highest BCUT2D eigenvalue weighted by molar-refractivity contribution is 7.98. The van der Waals surface area contributed by atoms with Crippen LogP contribution in [0.3, 0.4) is 0 Å². The van der Waals surface area contributed by atoms with Crippen molar-refractivity contribution < 1.29 is 9.84 Å². The molecule has 2 unspecified atom stereocenters. The fraction of sp³-hybridized carbons (Fsp3) is 0.625. The second kappa shape index (κ2) is 10.1. The van der Waals surface area contributed by atoms with Crippen molar-refractivity contribution in [1.82, 2.24) is 5.32 Å². The van der Waals surface area contributed by atoms with Gasteiger partial charge in [0.1, 0.15) is 18.5 Å². The van der Waals surface area contributed by atoms with Crippen LogP contribution < -0.4 is 10.1 Å². The standard InChI is InChI=1S/C16H27NO2S/c1-4-14-5-7-16(8-6-14)19-12-15(18)11-17-13(2)9-10-20-3/h5-8,13,15,17-18H,4,9-12H2,1-3H3. The van der Waals surface area contributed by atoms with Gasteiger partial charge in [-0.05, 0) is 49.5 Å². The number of aliphatic hydroxyl groups excluding tert-OH is 1. The quantitative estimate of drug-likeness (QED) is 0.697. The van der Waals surface area contributed by atoms with Crippen LogP contribution in [-0.2, 0) is 6.42 Å². The van der Waals surface area contributed by atoms with E-state index >= 15 is 0 Å². The molecule has 1 aromatic rings. The van der Waals surface area contributed by atoms with Crippen LogP contribution >= 0.6 is 11.8 Å². The van der Waals surface area contributed by atoms with Crippen molar-refractivity contribution in [2.45, 2.75) is 38.8 Å². The van der Waals surface area contributed by atoms with E-state index < -0.39 is 6.10 Å². The molecule has 0 spiro atoms. The number of thioether (sulfide) groups is 1. The van der Waals surface area contributed by atoms with Gasteiger partial charge in [0.15, 0.2) is 0 Å². The van der Waals surface area contributed by atoms with Crippen LogP contribution in [0.25, 0.3) is 0 Å². The summed E-state index contributed by atoms with van der Waals surface area (Å²) in [5, 5.41) is 13.2. The van der Waals surface area contributed by atoms with Crippen LogP contribution in [-0.4, -0.2) is 42.4 Å². The molecule has 0 radical (unpaired) electrons. The Morgan fingerprint density at radius 1 is 1.30 bits per heavy atom. The number of ether oxygens (including phenoxy) is 1. The second-order valence-electron chi connectivity index (χ2n) is 5.05. The summed E-state index contributed by atoms with van der Waals surface area (Å²) >= 11 is 1.85. The largest absolute Gasteiger partial charge is 0.491 e. The van der Waals surface area contributed by atoms with Gasteiger partial charge in [0.2, 0.25) is 0 Å². The molecule has 3 nitrogen and oxygen atoms in total. The number of aliphatic hydroxyl groups is 1. The van der Waals surface area contributed by atoms with Gasteiger partial charge in [-0.25, -0.2) is 0 Å². The molecule has 1 aromatic carbocycles. The van der Waals surface area contributed by atoms with E-state index in [1.54, 1.807) is 0 Å². The van der Waals surface area contributed by atoms with Crippen LogP contribution in [0.4, 0.5) is 0 Å². The third-order valence-electron chi connectivity index (χ3n) is 3.23. The summed E-state index contributed by atoms with van der Waals surface area (Å²) in [5.41, 5.74) is 1.29. The molecule has 0 bridgehead atoms. The maximum Gasteiger partial charge on any atom is 0.119 e. The Labute approximate surface area is 127 Å². The van der Waals surface area contributed by atoms with E-state index in [4.69, 9.17) is 4.74 Å². The van der Waals surface area contributed by atoms with Crippen LogP contribution in [0.1, 0.15) is 25.8 Å². The highest BCUT2D eigenvalue weighted by atomic mass is 32.2. The Bertz CT molecular complexity index is 356. The molecular formula is C16H27NO2S. The third-order valence-corrected chi connectivity index (χ3v) is 3.87. The van der Waals surface area contributed by atoms with E-state index in [2.05, 4.69) is 37.6 Å². The van der Waals surface area contributed by atoms with Gasteiger partial charge in [-0.1, -0.05) is 19.1 Å². The summed E-state index contributed by atoms with van der Waals surface area (Å²) in [6.45, 7) is 5.17. The fourth-order valence-electron chi connectivity index (χ4n) is 1.81. The van der Waals surface area contributed by atoms with Gasteiger partial charge >= 0.3 is 0 Å². The molecule has 0 amide bonds. The Kier molecular flexibility index (Phi) is 8.74. The first-order valence-corrected chi connectivity index (χ1v) is 8.67. The maximum atomic E-state index is 9.89. The SMILES string of the molecule is CCc1ccc(OCC(O)CNC(C)CCSC)cc1. The number of benzene rings is 1. The lowest BCUT2D eigenvalue weighted by atomic mass is 10.2. The first-order valence-electron chi connectivity index (χ1n) is 7.27. The zero-order valence-electron chi connectivity index (χ0n) is 12.8. The Morgan fingerprint density at radius 3 is 2.60 bits per heavy atom. The highest BCUT2D eigenvalue weighted by Crippen LogP contribution is 2.12. The molecular weight excluding hydrogens is 270 g/mol. The molecule has 114 valence electrons. The summed E-state index contributed by atoms with van der Waals surface area (Å²) < 4.78 is 5.59. The minimum Gasteiger partial charge on any atom is -0.491 e. The van der Waals surface area contributed by atoms with Gasteiger partial charge in [-0.3, -0.25) is 0 Å². The van der Waals surface area contributed by atoms with Crippen LogP contribution in [0.2, 0.25) is 0 Å².